The molecule has 0 aliphatic carbocycles. The lowest BCUT2D eigenvalue weighted by Crippen LogP contribution is -3.15. The van der Waals surface area contributed by atoms with E-state index in [1.807, 2.05) is 6.92 Å². The summed E-state index contributed by atoms with van der Waals surface area (Å²) in [5.74, 6) is -0.398. The van der Waals surface area contributed by atoms with E-state index in [1.54, 1.807) is 18.2 Å². The second kappa shape index (κ2) is 8.12. The number of ether oxygens (including phenoxy) is 1. The van der Waals surface area contributed by atoms with Crippen molar-refractivity contribution in [2.75, 3.05) is 44.7 Å². The van der Waals surface area contributed by atoms with Crippen molar-refractivity contribution in [1.29, 1.82) is 0 Å². The average molecular weight is 327 g/mol. The normalized spacial score (nSPS) is 15.4. The molecule has 6 nitrogen and oxygen atoms in total. The monoisotopic (exact) mass is 326 g/mol. The summed E-state index contributed by atoms with van der Waals surface area (Å²) in [4.78, 5) is 24.9. The second-order valence-corrected chi connectivity index (χ2v) is 5.68. The molecule has 1 aliphatic rings. The van der Waals surface area contributed by atoms with Gasteiger partial charge in [-0.2, -0.15) is 0 Å². The Labute approximate surface area is 134 Å². The third-order valence-corrected chi connectivity index (χ3v) is 4.01. The van der Waals surface area contributed by atoms with Gasteiger partial charge in [0.2, 0.25) is 5.91 Å². The number of hydrogen-bond donors (Lipinski definition) is 3. The molecule has 2 rings (SSSR count). The van der Waals surface area contributed by atoms with E-state index in [0.717, 1.165) is 18.7 Å². The van der Waals surface area contributed by atoms with Crippen molar-refractivity contribution in [3.8, 4) is 0 Å². The second-order valence-electron chi connectivity index (χ2n) is 5.28. The minimum atomic E-state index is -0.268. The Kier molecular flexibility index (Phi) is 6.18. The number of anilines is 1. The summed E-state index contributed by atoms with van der Waals surface area (Å²) >= 11 is 6.00. The van der Waals surface area contributed by atoms with Gasteiger partial charge in [-0.15, -0.1) is 0 Å². The minimum absolute atomic E-state index is 0.0471. The van der Waals surface area contributed by atoms with Crippen LogP contribution in [0.15, 0.2) is 18.2 Å². The molecule has 1 heterocycles. The van der Waals surface area contributed by atoms with E-state index in [4.69, 9.17) is 16.3 Å². The van der Waals surface area contributed by atoms with E-state index < -0.39 is 0 Å². The van der Waals surface area contributed by atoms with Gasteiger partial charge in [0.1, 0.15) is 13.1 Å². The predicted molar refractivity (Wildman–Crippen MR) is 84.2 cm³/mol. The summed E-state index contributed by atoms with van der Waals surface area (Å²) < 4.78 is 5.24. The Balaban J connectivity index is 1.75. The third-order valence-electron chi connectivity index (χ3n) is 3.60. The van der Waals surface area contributed by atoms with Gasteiger partial charge in [0, 0.05) is 10.7 Å². The van der Waals surface area contributed by atoms with E-state index >= 15 is 0 Å². The first-order valence-electron chi connectivity index (χ1n) is 7.29. The molecule has 1 fully saturated rings. The molecule has 0 spiro atoms. The number of nitrogens with one attached hydrogen (secondary N) is 3. The van der Waals surface area contributed by atoms with Crippen LogP contribution < -0.4 is 15.5 Å². The zero-order chi connectivity index (χ0) is 15.9. The summed E-state index contributed by atoms with van der Waals surface area (Å²) in [6, 6.07) is 5.31. The molecule has 0 bridgehead atoms. The van der Waals surface area contributed by atoms with Crippen LogP contribution >= 0.6 is 11.6 Å². The Hall–Kier alpha value is -1.63. The van der Waals surface area contributed by atoms with Crippen LogP contribution in [0.2, 0.25) is 5.02 Å². The Bertz CT molecular complexity index is 545. The van der Waals surface area contributed by atoms with Crippen LogP contribution in [0.4, 0.5) is 5.69 Å². The van der Waals surface area contributed by atoms with Gasteiger partial charge in [-0.05, 0) is 24.6 Å². The molecule has 1 saturated heterocycles. The van der Waals surface area contributed by atoms with Gasteiger partial charge in [-0.3, -0.25) is 9.59 Å². The van der Waals surface area contributed by atoms with Gasteiger partial charge >= 0.3 is 0 Å². The van der Waals surface area contributed by atoms with Crippen LogP contribution in [0.25, 0.3) is 0 Å². The standard InChI is InChI=1S/C15H20ClN3O3/c1-11-12(16)3-2-4-13(11)18-14(20)9-17-15(21)10-19-5-7-22-8-6-19/h2-4H,5-10H2,1H3,(H,17,21)(H,18,20)/p+1. The first kappa shape index (κ1) is 16.7. The molecular formula is C15H21ClN3O3+. The fraction of sp³-hybridized carbons (Fsp3) is 0.467. The molecular weight excluding hydrogens is 306 g/mol. The summed E-state index contributed by atoms with van der Waals surface area (Å²) in [5.41, 5.74) is 1.46. The zero-order valence-electron chi connectivity index (χ0n) is 12.6. The molecule has 0 unspecified atom stereocenters. The van der Waals surface area contributed by atoms with Crippen LogP contribution in [0, 0.1) is 6.92 Å². The fourth-order valence-corrected chi connectivity index (χ4v) is 2.42. The lowest BCUT2D eigenvalue weighted by molar-refractivity contribution is -0.900. The maximum Gasteiger partial charge on any atom is 0.275 e. The van der Waals surface area contributed by atoms with Gasteiger partial charge in [0.15, 0.2) is 6.54 Å². The van der Waals surface area contributed by atoms with Gasteiger partial charge in [-0.25, -0.2) is 0 Å². The molecule has 22 heavy (non-hydrogen) atoms. The van der Waals surface area contributed by atoms with Crippen LogP contribution in [-0.2, 0) is 14.3 Å². The smallest absolute Gasteiger partial charge is 0.275 e. The van der Waals surface area contributed by atoms with E-state index in [0.29, 0.717) is 30.5 Å². The fourth-order valence-electron chi connectivity index (χ4n) is 2.24. The zero-order valence-corrected chi connectivity index (χ0v) is 13.3. The molecule has 7 heteroatoms. The number of morpholine rings is 1. The van der Waals surface area contributed by atoms with E-state index in [2.05, 4.69) is 10.6 Å². The largest absolute Gasteiger partial charge is 0.370 e. The number of rotatable bonds is 5. The third kappa shape index (κ3) is 4.98. The highest BCUT2D eigenvalue weighted by atomic mass is 35.5. The Morgan fingerprint density at radius 1 is 1.27 bits per heavy atom. The van der Waals surface area contributed by atoms with Crippen molar-refractivity contribution < 1.29 is 19.2 Å². The molecule has 0 atom stereocenters. The molecule has 1 aromatic rings. The average Bonchev–Trinajstić information content (AvgIpc) is 2.51. The number of halogens is 1. The highest BCUT2D eigenvalue weighted by Crippen LogP contribution is 2.22. The summed E-state index contributed by atoms with van der Waals surface area (Å²) in [6.07, 6.45) is 0. The summed E-state index contributed by atoms with van der Waals surface area (Å²) in [5, 5.41) is 5.98. The highest BCUT2D eigenvalue weighted by Gasteiger charge is 2.18. The van der Waals surface area contributed by atoms with E-state index in [-0.39, 0.29) is 18.4 Å². The molecule has 0 aromatic heterocycles. The van der Waals surface area contributed by atoms with E-state index in [9.17, 15) is 9.59 Å². The van der Waals surface area contributed by atoms with Crippen molar-refractivity contribution in [3.05, 3.63) is 28.8 Å². The SMILES string of the molecule is Cc1c(Cl)cccc1NC(=O)CNC(=O)C[NH+]1CCOCC1. The van der Waals surface area contributed by atoms with E-state index in [1.165, 1.54) is 4.90 Å². The summed E-state index contributed by atoms with van der Waals surface area (Å²) in [6.45, 7) is 5.15. The maximum atomic E-state index is 11.9. The number of carbonyl (C=O) groups is 2. The van der Waals surface area contributed by atoms with Crippen molar-refractivity contribution in [1.82, 2.24) is 5.32 Å². The molecule has 2 amide bonds. The molecule has 3 N–H and O–H groups in total. The maximum absolute atomic E-state index is 11.9. The molecule has 0 saturated carbocycles. The molecule has 120 valence electrons. The van der Waals surface area contributed by atoms with Crippen molar-refractivity contribution >= 4 is 29.1 Å². The van der Waals surface area contributed by atoms with Crippen LogP contribution in [-0.4, -0.2) is 51.2 Å². The van der Waals surface area contributed by atoms with Gasteiger partial charge < -0.3 is 20.3 Å². The van der Waals surface area contributed by atoms with Gasteiger partial charge in [-0.1, -0.05) is 17.7 Å². The molecule has 0 radical (unpaired) electrons. The first-order valence-corrected chi connectivity index (χ1v) is 7.67. The molecule has 1 aromatic carbocycles. The Morgan fingerprint density at radius 2 is 2.00 bits per heavy atom. The quantitative estimate of drug-likeness (QED) is 0.690. The topological polar surface area (TPSA) is 71.9 Å². The van der Waals surface area contributed by atoms with Crippen molar-refractivity contribution in [2.45, 2.75) is 6.92 Å². The number of carbonyl (C=O) groups excluding carboxylic acids is 2. The molecule has 1 aliphatic heterocycles. The predicted octanol–water partition coefficient (Wildman–Crippen LogP) is -0.382. The Morgan fingerprint density at radius 3 is 2.73 bits per heavy atom. The number of amides is 2. The number of quaternary nitrogens is 1. The van der Waals surface area contributed by atoms with Crippen LogP contribution in [0.3, 0.4) is 0 Å². The first-order chi connectivity index (χ1) is 10.6. The summed E-state index contributed by atoms with van der Waals surface area (Å²) in [7, 11) is 0. The highest BCUT2D eigenvalue weighted by molar-refractivity contribution is 6.31. The lowest BCUT2D eigenvalue weighted by atomic mass is 10.2. The number of benzene rings is 1. The number of hydrogen-bond acceptors (Lipinski definition) is 3. The van der Waals surface area contributed by atoms with Crippen LogP contribution in [0.5, 0.6) is 0 Å². The van der Waals surface area contributed by atoms with Gasteiger partial charge in [0.05, 0.1) is 19.8 Å². The van der Waals surface area contributed by atoms with Crippen LogP contribution in [0.1, 0.15) is 5.56 Å². The van der Waals surface area contributed by atoms with Crippen molar-refractivity contribution in [2.24, 2.45) is 0 Å². The van der Waals surface area contributed by atoms with Gasteiger partial charge in [0.25, 0.3) is 5.91 Å². The minimum Gasteiger partial charge on any atom is -0.370 e. The van der Waals surface area contributed by atoms with Crippen molar-refractivity contribution in [3.63, 3.8) is 0 Å². The lowest BCUT2D eigenvalue weighted by Gasteiger charge is -2.23.